The maximum Gasteiger partial charge on any atom is 0.134 e. The second kappa shape index (κ2) is 7.46. The van der Waals surface area contributed by atoms with E-state index in [9.17, 15) is 0 Å². The van der Waals surface area contributed by atoms with Gasteiger partial charge in [-0.05, 0) is 29.4 Å². The van der Waals surface area contributed by atoms with Gasteiger partial charge in [-0.2, -0.15) is 0 Å². The van der Waals surface area contributed by atoms with E-state index in [2.05, 4.69) is 35.7 Å². The summed E-state index contributed by atoms with van der Waals surface area (Å²) in [5, 5.41) is 4.42. The topological polar surface area (TPSA) is 35.2 Å². The number of nitrogens with two attached hydrogens (primary N) is 1. The Bertz CT molecular complexity index is 679. The minimum atomic E-state index is 0. The Labute approximate surface area is 135 Å². The van der Waals surface area contributed by atoms with E-state index < -0.39 is 0 Å². The molecule has 2 N–H and O–H groups in total. The Hall–Kier alpha value is -1.55. The van der Waals surface area contributed by atoms with Crippen molar-refractivity contribution in [3.8, 4) is 5.75 Å². The fraction of sp³-hybridized carbons (Fsp3) is 0.176. The first kappa shape index (κ1) is 15.8. The third-order valence-corrected chi connectivity index (χ3v) is 4.27. The van der Waals surface area contributed by atoms with Crippen LogP contribution in [-0.2, 0) is 0 Å². The van der Waals surface area contributed by atoms with E-state index >= 15 is 0 Å². The maximum absolute atomic E-state index is 6.24. The van der Waals surface area contributed by atoms with Crippen molar-refractivity contribution in [2.75, 3.05) is 6.54 Å². The molecular weight excluding hydrogens is 302 g/mol. The highest BCUT2D eigenvalue weighted by Crippen LogP contribution is 2.32. The second-order valence-corrected chi connectivity index (χ2v) is 5.66. The average Bonchev–Trinajstić information content (AvgIpc) is 3.01. The normalized spacial score (nSPS) is 11.9. The first-order chi connectivity index (χ1) is 9.88. The van der Waals surface area contributed by atoms with E-state index in [1.807, 2.05) is 24.3 Å². The van der Waals surface area contributed by atoms with E-state index in [1.54, 1.807) is 11.3 Å². The third-order valence-electron chi connectivity index (χ3n) is 3.31. The lowest BCUT2D eigenvalue weighted by molar-refractivity contribution is 0.204. The summed E-state index contributed by atoms with van der Waals surface area (Å²) in [6.45, 7) is 0.618. The molecule has 2 nitrogen and oxygen atoms in total. The predicted molar refractivity (Wildman–Crippen MR) is 92.6 cm³/mol. The van der Waals surface area contributed by atoms with Gasteiger partial charge in [-0.25, -0.2) is 0 Å². The highest BCUT2D eigenvalue weighted by atomic mass is 35.5. The van der Waals surface area contributed by atoms with Gasteiger partial charge in [0, 0.05) is 16.7 Å². The standard InChI is InChI=1S/C17H17NOS.ClH/c18-11-10-16(17-9-4-12-20-17)19-15-8-3-6-13-5-1-2-7-14(13)15;/h1-9,12,16H,10-11,18H2;1H. The summed E-state index contributed by atoms with van der Waals surface area (Å²) in [5.41, 5.74) is 5.73. The molecule has 4 heteroatoms. The summed E-state index contributed by atoms with van der Waals surface area (Å²) in [5.74, 6) is 0.926. The summed E-state index contributed by atoms with van der Waals surface area (Å²) in [7, 11) is 0. The Kier molecular flexibility index (Phi) is 5.62. The van der Waals surface area contributed by atoms with Gasteiger partial charge < -0.3 is 10.5 Å². The molecule has 1 heterocycles. The summed E-state index contributed by atoms with van der Waals surface area (Å²) >= 11 is 1.72. The zero-order chi connectivity index (χ0) is 13.8. The van der Waals surface area contributed by atoms with Gasteiger partial charge in [0.1, 0.15) is 11.9 Å². The molecule has 0 radical (unpaired) electrons. The highest BCUT2D eigenvalue weighted by Gasteiger charge is 2.14. The molecule has 3 aromatic rings. The summed E-state index contributed by atoms with van der Waals surface area (Å²) in [6.07, 6.45) is 0.856. The quantitative estimate of drug-likeness (QED) is 0.733. The minimum Gasteiger partial charge on any atom is -0.484 e. The molecule has 1 aromatic heterocycles. The Morgan fingerprint density at radius 3 is 2.57 bits per heavy atom. The average molecular weight is 320 g/mol. The molecule has 0 aliphatic carbocycles. The van der Waals surface area contributed by atoms with Gasteiger partial charge in [-0.3, -0.25) is 0 Å². The molecule has 3 rings (SSSR count). The lowest BCUT2D eigenvalue weighted by Gasteiger charge is -2.18. The van der Waals surface area contributed by atoms with Crippen LogP contribution in [0.3, 0.4) is 0 Å². The highest BCUT2D eigenvalue weighted by molar-refractivity contribution is 7.10. The molecule has 0 saturated carbocycles. The number of thiophene rings is 1. The molecule has 0 bridgehead atoms. The van der Waals surface area contributed by atoms with Crippen molar-refractivity contribution >= 4 is 34.5 Å². The van der Waals surface area contributed by atoms with E-state index in [4.69, 9.17) is 10.5 Å². The molecule has 1 atom stereocenters. The molecule has 21 heavy (non-hydrogen) atoms. The van der Waals surface area contributed by atoms with Crippen molar-refractivity contribution < 1.29 is 4.74 Å². The van der Waals surface area contributed by atoms with Gasteiger partial charge in [0.2, 0.25) is 0 Å². The van der Waals surface area contributed by atoms with Crippen molar-refractivity contribution in [2.24, 2.45) is 5.73 Å². The lowest BCUT2D eigenvalue weighted by atomic mass is 10.1. The Balaban J connectivity index is 0.00000161. The molecule has 0 saturated heterocycles. The number of hydrogen-bond acceptors (Lipinski definition) is 3. The van der Waals surface area contributed by atoms with E-state index in [-0.39, 0.29) is 18.5 Å². The largest absolute Gasteiger partial charge is 0.484 e. The van der Waals surface area contributed by atoms with Crippen molar-refractivity contribution in [3.63, 3.8) is 0 Å². The van der Waals surface area contributed by atoms with Gasteiger partial charge in [0.25, 0.3) is 0 Å². The molecular formula is C17H18ClNOS. The van der Waals surface area contributed by atoms with Crippen molar-refractivity contribution in [2.45, 2.75) is 12.5 Å². The van der Waals surface area contributed by atoms with Gasteiger partial charge in [0.15, 0.2) is 0 Å². The SMILES string of the molecule is Cl.NCCC(Oc1cccc2ccccc12)c1cccs1. The fourth-order valence-electron chi connectivity index (χ4n) is 2.34. The first-order valence-electron chi connectivity index (χ1n) is 6.76. The zero-order valence-corrected chi connectivity index (χ0v) is 13.2. The molecule has 0 amide bonds. The van der Waals surface area contributed by atoms with Crippen LogP contribution in [-0.4, -0.2) is 6.54 Å². The van der Waals surface area contributed by atoms with Gasteiger partial charge in [0.05, 0.1) is 0 Å². The Morgan fingerprint density at radius 2 is 1.81 bits per heavy atom. The van der Waals surface area contributed by atoms with Crippen molar-refractivity contribution in [1.29, 1.82) is 0 Å². The van der Waals surface area contributed by atoms with Crippen LogP contribution >= 0.6 is 23.7 Å². The number of hydrogen-bond donors (Lipinski definition) is 1. The van der Waals surface area contributed by atoms with Crippen LogP contribution in [0.15, 0.2) is 60.0 Å². The van der Waals surface area contributed by atoms with Crippen LogP contribution in [0.1, 0.15) is 17.4 Å². The first-order valence-corrected chi connectivity index (χ1v) is 7.64. The summed E-state index contributed by atoms with van der Waals surface area (Å²) in [4.78, 5) is 1.23. The number of ether oxygens (including phenoxy) is 1. The predicted octanol–water partition coefficient (Wildman–Crippen LogP) is 4.79. The van der Waals surface area contributed by atoms with E-state index in [1.165, 1.54) is 10.3 Å². The van der Waals surface area contributed by atoms with Gasteiger partial charge in [-0.1, -0.05) is 42.5 Å². The summed E-state index contributed by atoms with van der Waals surface area (Å²) < 4.78 is 6.24. The molecule has 2 aromatic carbocycles. The Morgan fingerprint density at radius 1 is 1.00 bits per heavy atom. The third kappa shape index (κ3) is 3.56. The molecule has 0 aliphatic heterocycles. The van der Waals surface area contributed by atoms with Gasteiger partial charge in [-0.15, -0.1) is 23.7 Å². The number of rotatable bonds is 5. The number of fused-ring (bicyclic) bond motifs is 1. The lowest BCUT2D eigenvalue weighted by Crippen LogP contribution is -2.12. The van der Waals surface area contributed by atoms with Crippen LogP contribution < -0.4 is 10.5 Å². The monoisotopic (exact) mass is 319 g/mol. The minimum absolute atomic E-state index is 0. The molecule has 110 valence electrons. The zero-order valence-electron chi connectivity index (χ0n) is 11.6. The molecule has 0 fully saturated rings. The van der Waals surface area contributed by atoms with Crippen LogP contribution in [0, 0.1) is 0 Å². The van der Waals surface area contributed by atoms with Crippen molar-refractivity contribution in [3.05, 3.63) is 64.9 Å². The van der Waals surface area contributed by atoms with Crippen LogP contribution in [0.4, 0.5) is 0 Å². The fourth-order valence-corrected chi connectivity index (χ4v) is 3.13. The second-order valence-electron chi connectivity index (χ2n) is 4.68. The summed E-state index contributed by atoms with van der Waals surface area (Å²) in [6, 6.07) is 18.6. The number of benzene rings is 2. The molecule has 0 spiro atoms. The smallest absolute Gasteiger partial charge is 0.134 e. The van der Waals surface area contributed by atoms with E-state index in [0.717, 1.165) is 17.6 Å². The molecule has 0 aliphatic rings. The van der Waals surface area contributed by atoms with Crippen molar-refractivity contribution in [1.82, 2.24) is 0 Å². The number of halogens is 1. The van der Waals surface area contributed by atoms with Crippen LogP contribution in [0.5, 0.6) is 5.75 Å². The van der Waals surface area contributed by atoms with Gasteiger partial charge >= 0.3 is 0 Å². The molecule has 1 unspecified atom stereocenters. The van der Waals surface area contributed by atoms with E-state index in [0.29, 0.717) is 6.54 Å². The van der Waals surface area contributed by atoms with Crippen LogP contribution in [0.25, 0.3) is 10.8 Å². The maximum atomic E-state index is 6.24. The van der Waals surface area contributed by atoms with Crippen LogP contribution in [0.2, 0.25) is 0 Å².